The van der Waals surface area contributed by atoms with E-state index >= 15 is 0 Å². The maximum atomic E-state index is 11.9. The molecule has 0 unspecified atom stereocenters. The lowest BCUT2D eigenvalue weighted by Crippen LogP contribution is -2.28. The van der Waals surface area contributed by atoms with E-state index in [1.165, 1.54) is 12.1 Å². The fraction of sp³-hybridized carbons (Fsp3) is 0.250. The van der Waals surface area contributed by atoms with Gasteiger partial charge in [-0.15, -0.1) is 0 Å². The number of hydrogen-bond acceptors (Lipinski definition) is 2. The Bertz CT molecular complexity index is 479. The van der Waals surface area contributed by atoms with Crippen molar-refractivity contribution in [3.05, 3.63) is 27.1 Å². The summed E-state index contributed by atoms with van der Waals surface area (Å²) in [6.45, 7) is -0.902. The summed E-state index contributed by atoms with van der Waals surface area (Å²) in [5.74, 6) is 0. The highest BCUT2D eigenvalue weighted by molar-refractivity contribution is 9.11. The second kappa shape index (κ2) is 5.52. The molecule has 0 heterocycles. The van der Waals surface area contributed by atoms with Crippen molar-refractivity contribution >= 4 is 41.9 Å². The molecular formula is C8H7Br2F2NO2S. The summed E-state index contributed by atoms with van der Waals surface area (Å²) in [7, 11) is -3.92. The highest BCUT2D eigenvalue weighted by Gasteiger charge is 2.19. The third kappa shape index (κ3) is 3.76. The fourth-order valence-corrected chi connectivity index (χ4v) is 3.44. The summed E-state index contributed by atoms with van der Waals surface area (Å²) < 4.78 is 49.7. The van der Waals surface area contributed by atoms with E-state index in [0.717, 1.165) is 0 Å². The number of rotatable bonds is 4. The van der Waals surface area contributed by atoms with Crippen molar-refractivity contribution in [1.29, 1.82) is 0 Å². The molecule has 1 N–H and O–H groups in total. The van der Waals surface area contributed by atoms with Crippen molar-refractivity contribution in [2.24, 2.45) is 0 Å². The van der Waals surface area contributed by atoms with Crippen LogP contribution in [0, 0.1) is 0 Å². The van der Waals surface area contributed by atoms with Gasteiger partial charge < -0.3 is 0 Å². The molecule has 0 amide bonds. The van der Waals surface area contributed by atoms with Crippen LogP contribution in [0.15, 0.2) is 32.0 Å². The standard InChI is InChI=1S/C8H7Br2F2NO2S/c9-5-1-2-6(10)7(3-5)16(14,15)13-4-8(11)12/h1-3,8,13H,4H2. The highest BCUT2D eigenvalue weighted by Crippen LogP contribution is 2.25. The highest BCUT2D eigenvalue weighted by atomic mass is 79.9. The molecule has 3 nitrogen and oxygen atoms in total. The average Bonchev–Trinajstić information content (AvgIpc) is 2.19. The molecule has 0 saturated heterocycles. The molecule has 16 heavy (non-hydrogen) atoms. The van der Waals surface area contributed by atoms with Crippen molar-refractivity contribution in [2.75, 3.05) is 6.54 Å². The Labute approximate surface area is 109 Å². The first-order valence-electron chi connectivity index (χ1n) is 4.06. The van der Waals surface area contributed by atoms with E-state index in [2.05, 4.69) is 31.9 Å². The molecule has 0 fully saturated rings. The maximum Gasteiger partial charge on any atom is 0.251 e. The summed E-state index contributed by atoms with van der Waals surface area (Å²) in [6, 6.07) is 4.48. The zero-order chi connectivity index (χ0) is 12.3. The van der Waals surface area contributed by atoms with Gasteiger partial charge in [0, 0.05) is 8.95 Å². The molecule has 0 aliphatic carbocycles. The Morgan fingerprint density at radius 2 is 1.94 bits per heavy atom. The van der Waals surface area contributed by atoms with Crippen LogP contribution >= 0.6 is 31.9 Å². The molecule has 0 bridgehead atoms. The molecule has 0 aromatic heterocycles. The summed E-state index contributed by atoms with van der Waals surface area (Å²) in [6.07, 6.45) is -2.72. The molecule has 0 saturated carbocycles. The molecule has 90 valence electrons. The zero-order valence-corrected chi connectivity index (χ0v) is 11.7. The minimum atomic E-state index is -3.92. The number of nitrogens with one attached hydrogen (secondary N) is 1. The molecule has 8 heteroatoms. The summed E-state index contributed by atoms with van der Waals surface area (Å²) in [4.78, 5) is -0.0810. The Morgan fingerprint density at radius 1 is 1.31 bits per heavy atom. The topological polar surface area (TPSA) is 46.2 Å². The monoisotopic (exact) mass is 377 g/mol. The normalized spacial score (nSPS) is 12.1. The molecule has 1 aromatic rings. The van der Waals surface area contributed by atoms with Crippen LogP contribution in [0.4, 0.5) is 8.78 Å². The molecule has 0 aliphatic rings. The first kappa shape index (κ1) is 14.0. The lowest BCUT2D eigenvalue weighted by Gasteiger charge is -2.08. The van der Waals surface area contributed by atoms with Crippen LogP contribution in [-0.2, 0) is 10.0 Å². The Hall–Kier alpha value is -0.0500. The van der Waals surface area contributed by atoms with Gasteiger partial charge in [-0.25, -0.2) is 21.9 Å². The maximum absolute atomic E-state index is 11.9. The van der Waals surface area contributed by atoms with Gasteiger partial charge in [0.1, 0.15) is 0 Å². The smallest absolute Gasteiger partial charge is 0.209 e. The predicted molar refractivity (Wildman–Crippen MR) is 63.0 cm³/mol. The van der Waals surface area contributed by atoms with E-state index < -0.39 is 23.0 Å². The minimum absolute atomic E-state index is 0.0810. The van der Waals surface area contributed by atoms with E-state index in [4.69, 9.17) is 0 Å². The van der Waals surface area contributed by atoms with E-state index in [-0.39, 0.29) is 4.90 Å². The molecule has 0 spiro atoms. The first-order chi connectivity index (χ1) is 7.33. The summed E-state index contributed by atoms with van der Waals surface area (Å²) in [5.41, 5.74) is 0. The van der Waals surface area contributed by atoms with E-state index in [0.29, 0.717) is 8.95 Å². The van der Waals surface area contributed by atoms with Crippen LogP contribution in [0.1, 0.15) is 0 Å². The Morgan fingerprint density at radius 3 is 2.50 bits per heavy atom. The van der Waals surface area contributed by atoms with Crippen molar-refractivity contribution < 1.29 is 17.2 Å². The second-order valence-corrected chi connectivity index (χ2v) is 6.32. The van der Waals surface area contributed by atoms with Crippen LogP contribution in [-0.4, -0.2) is 21.4 Å². The van der Waals surface area contributed by atoms with Gasteiger partial charge in [0.25, 0.3) is 6.43 Å². The minimum Gasteiger partial charge on any atom is -0.209 e. The summed E-state index contributed by atoms with van der Waals surface area (Å²) in [5, 5.41) is 0. The first-order valence-corrected chi connectivity index (χ1v) is 7.12. The molecule has 0 radical (unpaired) electrons. The molecule has 0 aliphatic heterocycles. The lowest BCUT2D eigenvalue weighted by atomic mass is 10.4. The van der Waals surface area contributed by atoms with Crippen molar-refractivity contribution in [3.63, 3.8) is 0 Å². The average molecular weight is 379 g/mol. The van der Waals surface area contributed by atoms with Crippen molar-refractivity contribution in [2.45, 2.75) is 11.3 Å². The van der Waals surface area contributed by atoms with Gasteiger partial charge in [0.2, 0.25) is 10.0 Å². The van der Waals surface area contributed by atoms with Crippen molar-refractivity contribution in [3.8, 4) is 0 Å². The molecule has 0 atom stereocenters. The van der Waals surface area contributed by atoms with Crippen LogP contribution < -0.4 is 4.72 Å². The van der Waals surface area contributed by atoms with Gasteiger partial charge in [0.05, 0.1) is 11.4 Å². The van der Waals surface area contributed by atoms with Gasteiger partial charge in [-0.1, -0.05) is 15.9 Å². The van der Waals surface area contributed by atoms with E-state index in [1.54, 1.807) is 6.07 Å². The number of benzene rings is 1. The Balaban J connectivity index is 3.02. The van der Waals surface area contributed by atoms with Crippen LogP contribution in [0.5, 0.6) is 0 Å². The van der Waals surface area contributed by atoms with Gasteiger partial charge in [-0.3, -0.25) is 0 Å². The Kier molecular flexibility index (Phi) is 4.84. The van der Waals surface area contributed by atoms with Crippen molar-refractivity contribution in [1.82, 2.24) is 4.72 Å². The van der Waals surface area contributed by atoms with Gasteiger partial charge in [-0.05, 0) is 34.1 Å². The van der Waals surface area contributed by atoms with Crippen LogP contribution in [0.3, 0.4) is 0 Å². The number of alkyl halides is 2. The lowest BCUT2D eigenvalue weighted by molar-refractivity contribution is 0.153. The quantitative estimate of drug-likeness (QED) is 0.875. The van der Waals surface area contributed by atoms with Gasteiger partial charge in [-0.2, -0.15) is 0 Å². The third-order valence-electron chi connectivity index (χ3n) is 1.61. The number of hydrogen-bond donors (Lipinski definition) is 1. The predicted octanol–water partition coefficient (Wildman–Crippen LogP) is 2.76. The van der Waals surface area contributed by atoms with E-state index in [1.807, 2.05) is 4.72 Å². The fourth-order valence-electron chi connectivity index (χ4n) is 0.934. The van der Waals surface area contributed by atoms with Crippen LogP contribution in [0.25, 0.3) is 0 Å². The molecular weight excluding hydrogens is 372 g/mol. The summed E-state index contributed by atoms with van der Waals surface area (Å²) >= 11 is 6.15. The molecule has 1 rings (SSSR count). The van der Waals surface area contributed by atoms with Gasteiger partial charge >= 0.3 is 0 Å². The van der Waals surface area contributed by atoms with Gasteiger partial charge in [0.15, 0.2) is 0 Å². The molecule has 1 aromatic carbocycles. The number of sulfonamides is 1. The third-order valence-corrected chi connectivity index (χ3v) is 4.52. The zero-order valence-electron chi connectivity index (χ0n) is 7.75. The largest absolute Gasteiger partial charge is 0.251 e. The number of halogens is 4. The second-order valence-electron chi connectivity index (χ2n) is 2.82. The van der Waals surface area contributed by atoms with E-state index in [9.17, 15) is 17.2 Å². The SMILES string of the molecule is O=S(=O)(NCC(F)F)c1cc(Br)ccc1Br. The van der Waals surface area contributed by atoms with Crippen LogP contribution in [0.2, 0.25) is 0 Å².